The second kappa shape index (κ2) is 8.54. The zero-order chi connectivity index (χ0) is 14.1. The molecule has 3 N–H and O–H groups in total. The van der Waals surface area contributed by atoms with Crippen LogP contribution in [-0.4, -0.2) is 30.7 Å². The van der Waals surface area contributed by atoms with Gasteiger partial charge in [-0.1, -0.05) is 39.0 Å². The molecule has 0 aromatic rings. The highest BCUT2D eigenvalue weighted by Gasteiger charge is 2.33. The summed E-state index contributed by atoms with van der Waals surface area (Å²) in [4.78, 5) is 12.0. The van der Waals surface area contributed by atoms with E-state index in [0.717, 1.165) is 45.1 Å². The summed E-state index contributed by atoms with van der Waals surface area (Å²) in [6.07, 6.45) is 8.47. The lowest BCUT2D eigenvalue weighted by molar-refractivity contribution is -0.146. The van der Waals surface area contributed by atoms with Crippen LogP contribution in [0, 0.1) is 0 Å². The molecule has 0 radical (unpaired) electrons. The Bertz CT molecular complexity index is 261. The minimum absolute atomic E-state index is 0.00878. The molecule has 112 valence electrons. The first-order chi connectivity index (χ1) is 9.13. The average molecular weight is 270 g/mol. The first-order valence-corrected chi connectivity index (χ1v) is 7.79. The summed E-state index contributed by atoms with van der Waals surface area (Å²) in [5, 5.41) is 2.93. The van der Waals surface area contributed by atoms with Crippen molar-refractivity contribution in [3.63, 3.8) is 0 Å². The Morgan fingerprint density at radius 2 is 1.95 bits per heavy atom. The number of hydrogen-bond acceptors (Lipinski definition) is 3. The Kier molecular flexibility index (Phi) is 7.39. The lowest BCUT2D eigenvalue weighted by Gasteiger charge is -2.34. The lowest BCUT2D eigenvalue weighted by atomic mass is 9.94. The predicted molar refractivity (Wildman–Crippen MR) is 78.0 cm³/mol. The SMILES string of the molecule is CCCCNC(=O)C(C)OC1(CN)CCCCCC1. The highest BCUT2D eigenvalue weighted by Crippen LogP contribution is 2.30. The number of unbranched alkanes of at least 4 members (excludes halogenated alkanes) is 1. The van der Waals surface area contributed by atoms with Gasteiger partial charge in [0.1, 0.15) is 6.10 Å². The molecule has 1 atom stereocenters. The Morgan fingerprint density at radius 1 is 1.32 bits per heavy atom. The van der Waals surface area contributed by atoms with Crippen LogP contribution in [0.25, 0.3) is 0 Å². The van der Waals surface area contributed by atoms with Gasteiger partial charge in [0.2, 0.25) is 5.91 Å². The van der Waals surface area contributed by atoms with Crippen LogP contribution in [0.15, 0.2) is 0 Å². The van der Waals surface area contributed by atoms with Crippen LogP contribution < -0.4 is 11.1 Å². The summed E-state index contributed by atoms with van der Waals surface area (Å²) in [7, 11) is 0. The first-order valence-electron chi connectivity index (χ1n) is 7.79. The number of carbonyl (C=O) groups excluding carboxylic acids is 1. The molecule has 1 amide bonds. The average Bonchev–Trinajstić information content (AvgIpc) is 2.65. The molecule has 0 aliphatic heterocycles. The van der Waals surface area contributed by atoms with Crippen molar-refractivity contribution in [2.75, 3.05) is 13.1 Å². The van der Waals surface area contributed by atoms with E-state index in [2.05, 4.69) is 12.2 Å². The second-order valence-corrected chi connectivity index (χ2v) is 5.71. The van der Waals surface area contributed by atoms with E-state index in [1.165, 1.54) is 12.8 Å². The molecule has 1 aliphatic rings. The van der Waals surface area contributed by atoms with Gasteiger partial charge in [0.15, 0.2) is 0 Å². The van der Waals surface area contributed by atoms with Crippen LogP contribution in [0.5, 0.6) is 0 Å². The van der Waals surface area contributed by atoms with Crippen LogP contribution in [0.3, 0.4) is 0 Å². The van der Waals surface area contributed by atoms with Crippen molar-refractivity contribution in [1.29, 1.82) is 0 Å². The van der Waals surface area contributed by atoms with Crippen molar-refractivity contribution in [1.82, 2.24) is 5.32 Å². The number of ether oxygens (including phenoxy) is 1. The van der Waals surface area contributed by atoms with Crippen LogP contribution in [-0.2, 0) is 9.53 Å². The fourth-order valence-electron chi connectivity index (χ4n) is 2.70. The molecule has 4 heteroatoms. The third-order valence-corrected chi connectivity index (χ3v) is 4.01. The predicted octanol–water partition coefficient (Wildman–Crippen LogP) is 2.36. The Morgan fingerprint density at radius 3 is 2.47 bits per heavy atom. The van der Waals surface area contributed by atoms with E-state index >= 15 is 0 Å². The van der Waals surface area contributed by atoms with Gasteiger partial charge in [0, 0.05) is 13.1 Å². The Hall–Kier alpha value is -0.610. The minimum atomic E-state index is -0.404. The quantitative estimate of drug-likeness (QED) is 0.551. The van der Waals surface area contributed by atoms with Crippen LogP contribution in [0.4, 0.5) is 0 Å². The van der Waals surface area contributed by atoms with E-state index in [1.807, 2.05) is 6.92 Å². The number of hydrogen-bond donors (Lipinski definition) is 2. The number of rotatable bonds is 7. The highest BCUT2D eigenvalue weighted by atomic mass is 16.5. The zero-order valence-electron chi connectivity index (χ0n) is 12.5. The van der Waals surface area contributed by atoms with Gasteiger partial charge in [0.05, 0.1) is 5.60 Å². The molecular formula is C15H30N2O2. The number of nitrogens with one attached hydrogen (secondary N) is 1. The first kappa shape index (κ1) is 16.4. The van der Waals surface area contributed by atoms with E-state index < -0.39 is 6.10 Å². The molecule has 0 aromatic carbocycles. The van der Waals surface area contributed by atoms with Crippen LogP contribution in [0.2, 0.25) is 0 Å². The third kappa shape index (κ3) is 5.49. The monoisotopic (exact) mass is 270 g/mol. The van der Waals surface area contributed by atoms with Gasteiger partial charge < -0.3 is 15.8 Å². The molecule has 1 aliphatic carbocycles. The van der Waals surface area contributed by atoms with E-state index in [1.54, 1.807) is 0 Å². The summed E-state index contributed by atoms with van der Waals surface area (Å²) < 4.78 is 6.06. The third-order valence-electron chi connectivity index (χ3n) is 4.01. The van der Waals surface area contributed by atoms with Crippen molar-refractivity contribution in [3.05, 3.63) is 0 Å². The zero-order valence-corrected chi connectivity index (χ0v) is 12.5. The van der Waals surface area contributed by atoms with Gasteiger partial charge in [-0.25, -0.2) is 0 Å². The summed E-state index contributed by atoms with van der Waals surface area (Å²) in [5.74, 6) is -0.00878. The summed E-state index contributed by atoms with van der Waals surface area (Å²) in [5.41, 5.74) is 5.64. The molecule has 1 rings (SSSR count). The second-order valence-electron chi connectivity index (χ2n) is 5.71. The maximum absolute atomic E-state index is 12.0. The molecule has 0 saturated heterocycles. The normalized spacial score (nSPS) is 20.6. The molecule has 1 unspecified atom stereocenters. The molecule has 0 heterocycles. The number of nitrogens with two attached hydrogens (primary N) is 1. The highest BCUT2D eigenvalue weighted by molar-refractivity contribution is 5.80. The Balaban J connectivity index is 2.46. The van der Waals surface area contributed by atoms with E-state index in [9.17, 15) is 4.79 Å². The fourth-order valence-corrected chi connectivity index (χ4v) is 2.70. The minimum Gasteiger partial charge on any atom is -0.361 e. The standard InChI is InChI=1S/C15H30N2O2/c1-3-4-11-17-14(18)13(2)19-15(12-16)9-7-5-6-8-10-15/h13H,3-12,16H2,1-2H3,(H,17,18). The summed E-state index contributed by atoms with van der Waals surface area (Å²) in [6, 6.07) is 0. The molecule has 0 aromatic heterocycles. The van der Waals surface area contributed by atoms with Crippen molar-refractivity contribution in [3.8, 4) is 0 Å². The van der Waals surface area contributed by atoms with Gasteiger partial charge >= 0.3 is 0 Å². The molecule has 0 spiro atoms. The molecule has 0 bridgehead atoms. The number of amides is 1. The van der Waals surface area contributed by atoms with Crippen LogP contribution >= 0.6 is 0 Å². The molecule has 1 fully saturated rings. The van der Waals surface area contributed by atoms with Crippen molar-refractivity contribution in [2.45, 2.75) is 76.9 Å². The van der Waals surface area contributed by atoms with Gasteiger partial charge in [0.25, 0.3) is 0 Å². The number of carbonyl (C=O) groups is 1. The molecule has 4 nitrogen and oxygen atoms in total. The fraction of sp³-hybridized carbons (Fsp3) is 0.933. The molecule has 1 saturated carbocycles. The maximum atomic E-state index is 12.0. The van der Waals surface area contributed by atoms with Gasteiger partial charge in [-0.05, 0) is 26.2 Å². The van der Waals surface area contributed by atoms with E-state index in [-0.39, 0.29) is 11.5 Å². The van der Waals surface area contributed by atoms with Crippen LogP contribution in [0.1, 0.15) is 65.2 Å². The summed E-state index contributed by atoms with van der Waals surface area (Å²) in [6.45, 7) is 5.20. The van der Waals surface area contributed by atoms with Gasteiger partial charge in [-0.2, -0.15) is 0 Å². The Labute approximate surface area is 117 Å². The van der Waals surface area contributed by atoms with Crippen molar-refractivity contribution < 1.29 is 9.53 Å². The topological polar surface area (TPSA) is 64.3 Å². The van der Waals surface area contributed by atoms with Gasteiger partial charge in [-0.3, -0.25) is 4.79 Å². The van der Waals surface area contributed by atoms with E-state index in [0.29, 0.717) is 6.54 Å². The smallest absolute Gasteiger partial charge is 0.248 e. The van der Waals surface area contributed by atoms with Crippen molar-refractivity contribution in [2.24, 2.45) is 5.73 Å². The molecule has 19 heavy (non-hydrogen) atoms. The largest absolute Gasteiger partial charge is 0.361 e. The van der Waals surface area contributed by atoms with Crippen molar-refractivity contribution >= 4 is 5.91 Å². The lowest BCUT2D eigenvalue weighted by Crippen LogP contribution is -2.47. The van der Waals surface area contributed by atoms with E-state index in [4.69, 9.17) is 10.5 Å². The molecular weight excluding hydrogens is 240 g/mol. The summed E-state index contributed by atoms with van der Waals surface area (Å²) >= 11 is 0. The maximum Gasteiger partial charge on any atom is 0.248 e. The van der Waals surface area contributed by atoms with Gasteiger partial charge in [-0.15, -0.1) is 0 Å².